The zero-order valence-corrected chi connectivity index (χ0v) is 12.6. The molecule has 2 fully saturated rings. The molecule has 2 rings (SSSR count). The van der Waals surface area contributed by atoms with E-state index in [1.807, 2.05) is 0 Å². The average molecular weight is 302 g/mol. The number of nitrogens with one attached hydrogen (secondary N) is 1. The molecule has 0 aromatic carbocycles. The van der Waals surface area contributed by atoms with E-state index in [1.54, 1.807) is 4.31 Å². The molecule has 0 aromatic heterocycles. The summed E-state index contributed by atoms with van der Waals surface area (Å²) in [6.07, 6.45) is 5.37. The lowest BCUT2D eigenvalue weighted by Gasteiger charge is -2.34. The average Bonchev–Trinajstić information content (AvgIpc) is 2.34. The summed E-state index contributed by atoms with van der Waals surface area (Å²) >= 11 is 0. The molecule has 0 spiro atoms. The van der Waals surface area contributed by atoms with Gasteiger partial charge in [0, 0.05) is 32.0 Å². The van der Waals surface area contributed by atoms with Crippen LogP contribution in [-0.2, 0) is 19.6 Å². The number of carbonyl (C=O) groups excluding carboxylic acids is 2. The minimum Gasteiger partial charge on any atom is -0.356 e. The van der Waals surface area contributed by atoms with Crippen LogP contribution in [0.1, 0.15) is 38.5 Å². The maximum Gasteiger partial charge on any atom is 0.224 e. The lowest BCUT2D eigenvalue weighted by molar-refractivity contribution is -0.138. The van der Waals surface area contributed by atoms with Gasteiger partial charge in [-0.25, -0.2) is 8.42 Å². The summed E-state index contributed by atoms with van der Waals surface area (Å²) in [5, 5.41) is 2.81. The van der Waals surface area contributed by atoms with Gasteiger partial charge in [0.05, 0.1) is 12.2 Å². The Kier molecular flexibility index (Phi) is 4.80. The van der Waals surface area contributed by atoms with Crippen molar-refractivity contribution in [2.24, 2.45) is 5.92 Å². The Morgan fingerprint density at radius 1 is 1.35 bits per heavy atom. The van der Waals surface area contributed by atoms with Crippen LogP contribution >= 0.6 is 0 Å². The molecule has 1 saturated heterocycles. The van der Waals surface area contributed by atoms with E-state index in [0.717, 1.165) is 19.3 Å². The molecule has 1 N–H and O–H groups in total. The fraction of sp³-hybridized carbons (Fsp3) is 0.846. The standard InChI is InChI=1S/C13H22N2O4S/c1-20(18,19)15-7-3-2-4-11(15)5-6-14-13(17)10-8-12(16)9-10/h10-11H,2-9H2,1H3,(H,14,17)/t11-/m1/s1. The molecule has 20 heavy (non-hydrogen) atoms. The Balaban J connectivity index is 1.77. The Morgan fingerprint density at radius 2 is 2.05 bits per heavy atom. The summed E-state index contributed by atoms with van der Waals surface area (Å²) in [6, 6.07) is -0.0120. The van der Waals surface area contributed by atoms with Crippen LogP contribution in [0.3, 0.4) is 0 Å². The van der Waals surface area contributed by atoms with Gasteiger partial charge in [-0.2, -0.15) is 4.31 Å². The second kappa shape index (κ2) is 6.22. The molecular formula is C13H22N2O4S. The Labute approximate surface area is 120 Å². The lowest BCUT2D eigenvalue weighted by atomic mass is 9.83. The van der Waals surface area contributed by atoms with Crippen LogP contribution in [-0.4, -0.2) is 49.8 Å². The highest BCUT2D eigenvalue weighted by atomic mass is 32.2. The topological polar surface area (TPSA) is 83.6 Å². The predicted octanol–water partition coefficient (Wildman–Crippen LogP) is 0.286. The van der Waals surface area contributed by atoms with Gasteiger partial charge < -0.3 is 5.32 Å². The molecule has 1 amide bonds. The maximum atomic E-state index is 11.7. The zero-order valence-electron chi connectivity index (χ0n) is 11.8. The van der Waals surface area contributed by atoms with E-state index >= 15 is 0 Å². The Hall–Kier alpha value is -0.950. The first-order valence-electron chi connectivity index (χ1n) is 7.14. The first-order valence-corrected chi connectivity index (χ1v) is 8.99. The highest BCUT2D eigenvalue weighted by molar-refractivity contribution is 7.88. The summed E-state index contributed by atoms with van der Waals surface area (Å²) < 4.78 is 24.9. The van der Waals surface area contributed by atoms with E-state index in [4.69, 9.17) is 0 Å². The van der Waals surface area contributed by atoms with Crippen LogP contribution in [0, 0.1) is 5.92 Å². The first kappa shape index (κ1) is 15.4. The molecule has 1 atom stereocenters. The van der Waals surface area contributed by atoms with Crippen LogP contribution < -0.4 is 5.32 Å². The number of sulfonamides is 1. The summed E-state index contributed by atoms with van der Waals surface area (Å²) in [6.45, 7) is 1.05. The highest BCUT2D eigenvalue weighted by Crippen LogP contribution is 2.24. The Bertz CT molecular complexity index is 481. The molecule has 114 valence electrons. The molecule has 0 aromatic rings. The third-order valence-electron chi connectivity index (χ3n) is 4.09. The molecule has 1 saturated carbocycles. The van der Waals surface area contributed by atoms with Gasteiger partial charge in [0.2, 0.25) is 15.9 Å². The van der Waals surface area contributed by atoms with E-state index in [-0.39, 0.29) is 23.7 Å². The molecule has 1 aliphatic carbocycles. The smallest absolute Gasteiger partial charge is 0.224 e. The first-order chi connectivity index (χ1) is 9.38. The quantitative estimate of drug-likeness (QED) is 0.791. The number of amides is 1. The molecule has 0 radical (unpaired) electrons. The van der Waals surface area contributed by atoms with Crippen LogP contribution in [0.2, 0.25) is 0 Å². The Morgan fingerprint density at radius 3 is 2.65 bits per heavy atom. The largest absolute Gasteiger partial charge is 0.356 e. The third-order valence-corrected chi connectivity index (χ3v) is 5.43. The van der Waals surface area contributed by atoms with Crippen molar-refractivity contribution < 1.29 is 18.0 Å². The summed E-state index contributed by atoms with van der Waals surface area (Å²) in [5.41, 5.74) is 0. The lowest BCUT2D eigenvalue weighted by Crippen LogP contribution is -2.45. The van der Waals surface area contributed by atoms with Crippen LogP contribution in [0.15, 0.2) is 0 Å². The van der Waals surface area contributed by atoms with Crippen molar-refractivity contribution in [1.82, 2.24) is 9.62 Å². The van der Waals surface area contributed by atoms with Gasteiger partial charge in [0.25, 0.3) is 0 Å². The molecular weight excluding hydrogens is 280 g/mol. The number of rotatable bonds is 5. The summed E-state index contributed by atoms with van der Waals surface area (Å²) in [7, 11) is -3.17. The van der Waals surface area contributed by atoms with Gasteiger partial charge in [-0.05, 0) is 19.3 Å². The molecule has 7 heteroatoms. The number of nitrogens with zero attached hydrogens (tertiary/aromatic N) is 1. The van der Waals surface area contributed by atoms with Gasteiger partial charge in [-0.1, -0.05) is 6.42 Å². The van der Waals surface area contributed by atoms with E-state index in [1.165, 1.54) is 6.26 Å². The van der Waals surface area contributed by atoms with E-state index in [0.29, 0.717) is 32.4 Å². The van der Waals surface area contributed by atoms with Crippen molar-refractivity contribution in [1.29, 1.82) is 0 Å². The van der Waals surface area contributed by atoms with Crippen LogP contribution in [0.25, 0.3) is 0 Å². The SMILES string of the molecule is CS(=O)(=O)N1CCCC[C@@H]1CCNC(=O)C1CC(=O)C1. The van der Waals surface area contributed by atoms with Gasteiger partial charge in [0.1, 0.15) is 5.78 Å². The van der Waals surface area contributed by atoms with Crippen molar-refractivity contribution in [2.45, 2.75) is 44.6 Å². The summed E-state index contributed by atoms with van der Waals surface area (Å²) in [5.74, 6) is -0.105. The van der Waals surface area contributed by atoms with Gasteiger partial charge in [0.15, 0.2) is 0 Å². The highest BCUT2D eigenvalue weighted by Gasteiger charge is 2.33. The number of ketones is 1. The van der Waals surface area contributed by atoms with Gasteiger partial charge in [-0.15, -0.1) is 0 Å². The molecule has 1 aliphatic heterocycles. The van der Waals surface area contributed by atoms with E-state index in [2.05, 4.69) is 5.32 Å². The van der Waals surface area contributed by atoms with Crippen molar-refractivity contribution >= 4 is 21.7 Å². The molecule has 0 bridgehead atoms. The minimum atomic E-state index is -3.17. The third kappa shape index (κ3) is 3.79. The number of carbonyl (C=O) groups is 2. The molecule has 2 aliphatic rings. The van der Waals surface area contributed by atoms with Crippen LogP contribution in [0.4, 0.5) is 0 Å². The molecule has 1 heterocycles. The maximum absolute atomic E-state index is 11.7. The molecule has 0 unspecified atom stereocenters. The van der Waals surface area contributed by atoms with Gasteiger partial charge >= 0.3 is 0 Å². The van der Waals surface area contributed by atoms with Crippen molar-refractivity contribution in [2.75, 3.05) is 19.3 Å². The monoisotopic (exact) mass is 302 g/mol. The fourth-order valence-corrected chi connectivity index (χ4v) is 4.09. The second-order valence-corrected chi connectivity index (χ2v) is 7.68. The van der Waals surface area contributed by atoms with E-state index < -0.39 is 10.0 Å². The van der Waals surface area contributed by atoms with E-state index in [9.17, 15) is 18.0 Å². The van der Waals surface area contributed by atoms with Crippen molar-refractivity contribution in [3.8, 4) is 0 Å². The predicted molar refractivity (Wildman–Crippen MR) is 74.5 cm³/mol. The van der Waals surface area contributed by atoms with Crippen molar-refractivity contribution in [3.63, 3.8) is 0 Å². The van der Waals surface area contributed by atoms with Gasteiger partial charge in [-0.3, -0.25) is 9.59 Å². The minimum absolute atomic E-state index is 0.0120. The zero-order chi connectivity index (χ0) is 14.8. The number of piperidine rings is 1. The van der Waals surface area contributed by atoms with Crippen LogP contribution in [0.5, 0.6) is 0 Å². The summed E-state index contributed by atoms with van der Waals surface area (Å²) in [4.78, 5) is 22.5. The normalized spacial score (nSPS) is 25.2. The number of hydrogen-bond donors (Lipinski definition) is 1. The number of Topliss-reactive ketones (excluding diaryl/α,β-unsaturated/α-hetero) is 1. The molecule has 6 nitrogen and oxygen atoms in total. The second-order valence-electron chi connectivity index (χ2n) is 5.75. The fourth-order valence-electron chi connectivity index (χ4n) is 2.88. The van der Waals surface area contributed by atoms with Crippen molar-refractivity contribution in [3.05, 3.63) is 0 Å². The number of hydrogen-bond acceptors (Lipinski definition) is 4.